The molecule has 0 saturated heterocycles. The van der Waals surface area contributed by atoms with Crippen molar-refractivity contribution in [2.24, 2.45) is 5.73 Å². The van der Waals surface area contributed by atoms with E-state index in [2.05, 4.69) is 16.8 Å². The Hall–Kier alpha value is -0.940. The van der Waals surface area contributed by atoms with E-state index in [1.165, 1.54) is 11.3 Å². The van der Waals surface area contributed by atoms with Gasteiger partial charge in [-0.05, 0) is 20.5 Å². The summed E-state index contributed by atoms with van der Waals surface area (Å²) in [4.78, 5) is 18.3. The Balaban J connectivity index is 2.82. The van der Waals surface area contributed by atoms with Gasteiger partial charge in [-0.25, -0.2) is 4.98 Å². The van der Waals surface area contributed by atoms with Gasteiger partial charge in [-0.15, -0.1) is 11.3 Å². The summed E-state index contributed by atoms with van der Waals surface area (Å²) in [6.07, 6.45) is 0. The minimum atomic E-state index is -0.441. The zero-order valence-corrected chi connectivity index (χ0v) is 9.52. The first-order valence-corrected chi connectivity index (χ1v) is 5.31. The van der Waals surface area contributed by atoms with Crippen LogP contribution in [0.1, 0.15) is 27.3 Å². The van der Waals surface area contributed by atoms with Gasteiger partial charge in [0.05, 0.1) is 5.69 Å². The second-order valence-corrected chi connectivity index (χ2v) is 4.31. The Kier molecular flexibility index (Phi) is 3.60. The highest BCUT2D eigenvalue weighted by atomic mass is 32.1. The van der Waals surface area contributed by atoms with Gasteiger partial charge in [-0.1, -0.05) is 6.92 Å². The van der Waals surface area contributed by atoms with Crippen LogP contribution in [-0.4, -0.2) is 29.4 Å². The van der Waals surface area contributed by atoms with E-state index >= 15 is 0 Å². The Morgan fingerprint density at radius 3 is 2.71 bits per heavy atom. The normalized spacial score (nSPS) is 10.9. The molecule has 1 amide bonds. The number of nitrogens with zero attached hydrogens (tertiary/aromatic N) is 2. The molecule has 0 saturated carbocycles. The van der Waals surface area contributed by atoms with Crippen LogP contribution in [0.2, 0.25) is 0 Å². The van der Waals surface area contributed by atoms with Gasteiger partial charge in [0.2, 0.25) is 0 Å². The van der Waals surface area contributed by atoms with Crippen LogP contribution in [0.5, 0.6) is 0 Å². The molecule has 0 aliphatic carbocycles. The monoisotopic (exact) mass is 213 g/mol. The van der Waals surface area contributed by atoms with E-state index in [-0.39, 0.29) is 0 Å². The lowest BCUT2D eigenvalue weighted by Gasteiger charge is -2.11. The van der Waals surface area contributed by atoms with E-state index < -0.39 is 5.91 Å². The molecule has 78 valence electrons. The molecule has 0 unspecified atom stereocenters. The van der Waals surface area contributed by atoms with Crippen molar-refractivity contribution in [3.8, 4) is 0 Å². The maximum atomic E-state index is 10.9. The van der Waals surface area contributed by atoms with Gasteiger partial charge in [-0.3, -0.25) is 4.79 Å². The van der Waals surface area contributed by atoms with Gasteiger partial charge >= 0.3 is 0 Å². The summed E-state index contributed by atoms with van der Waals surface area (Å²) in [7, 11) is 2.03. The minimum Gasteiger partial charge on any atom is -0.364 e. The van der Waals surface area contributed by atoms with Crippen molar-refractivity contribution in [3.05, 3.63) is 15.6 Å². The molecule has 14 heavy (non-hydrogen) atoms. The minimum absolute atomic E-state index is 0.405. The van der Waals surface area contributed by atoms with Crippen molar-refractivity contribution in [1.29, 1.82) is 0 Å². The first kappa shape index (κ1) is 11.1. The van der Waals surface area contributed by atoms with Gasteiger partial charge < -0.3 is 10.6 Å². The quantitative estimate of drug-likeness (QED) is 0.811. The van der Waals surface area contributed by atoms with E-state index in [9.17, 15) is 4.79 Å². The summed E-state index contributed by atoms with van der Waals surface area (Å²) in [5.41, 5.74) is 6.06. The predicted molar refractivity (Wildman–Crippen MR) is 57.4 cm³/mol. The lowest BCUT2D eigenvalue weighted by molar-refractivity contribution is 0.1000. The van der Waals surface area contributed by atoms with Crippen molar-refractivity contribution in [2.45, 2.75) is 20.4 Å². The highest BCUT2D eigenvalue weighted by Crippen LogP contribution is 2.18. The molecular formula is C9H15N3OS. The number of amides is 1. The Morgan fingerprint density at radius 2 is 2.29 bits per heavy atom. The number of nitrogens with two attached hydrogens (primary N) is 1. The summed E-state index contributed by atoms with van der Waals surface area (Å²) < 4.78 is 0. The van der Waals surface area contributed by atoms with Crippen LogP contribution in [-0.2, 0) is 6.54 Å². The molecular weight excluding hydrogens is 198 g/mol. The molecule has 0 aliphatic heterocycles. The maximum absolute atomic E-state index is 10.9. The second-order valence-electron chi connectivity index (χ2n) is 3.22. The number of thiazole rings is 1. The molecule has 0 aromatic carbocycles. The summed E-state index contributed by atoms with van der Waals surface area (Å²) in [6, 6.07) is 0. The lowest BCUT2D eigenvalue weighted by Crippen LogP contribution is -2.16. The molecule has 0 aliphatic rings. The maximum Gasteiger partial charge on any atom is 0.277 e. The summed E-state index contributed by atoms with van der Waals surface area (Å²) in [5.74, 6) is -0.441. The molecule has 0 bridgehead atoms. The van der Waals surface area contributed by atoms with Crippen molar-refractivity contribution in [3.63, 3.8) is 0 Å². The van der Waals surface area contributed by atoms with E-state index in [0.29, 0.717) is 5.01 Å². The van der Waals surface area contributed by atoms with Crippen LogP contribution in [0.3, 0.4) is 0 Å². The number of primary amides is 1. The summed E-state index contributed by atoms with van der Waals surface area (Å²) in [5, 5.41) is 0.405. The topological polar surface area (TPSA) is 59.2 Å². The zero-order valence-electron chi connectivity index (χ0n) is 8.70. The molecule has 0 atom stereocenters. The predicted octanol–water partition coefficient (Wildman–Crippen LogP) is 1.00. The highest BCUT2D eigenvalue weighted by Gasteiger charge is 2.12. The number of hydrogen-bond acceptors (Lipinski definition) is 4. The van der Waals surface area contributed by atoms with Crippen LogP contribution >= 0.6 is 11.3 Å². The van der Waals surface area contributed by atoms with Crippen LogP contribution in [0.15, 0.2) is 0 Å². The molecule has 1 heterocycles. The molecule has 1 rings (SSSR count). The molecule has 1 aromatic heterocycles. The fraction of sp³-hybridized carbons (Fsp3) is 0.556. The zero-order chi connectivity index (χ0) is 10.7. The SMILES string of the molecule is CCN(C)Cc1sc(C(N)=O)nc1C. The highest BCUT2D eigenvalue weighted by molar-refractivity contribution is 7.13. The third kappa shape index (κ3) is 2.52. The smallest absolute Gasteiger partial charge is 0.277 e. The Bertz CT molecular complexity index is 335. The standard InChI is InChI=1S/C9H15N3OS/c1-4-12(3)5-7-6(2)11-9(14-7)8(10)13/h4-5H2,1-3H3,(H2,10,13). The third-order valence-corrected chi connectivity index (χ3v) is 3.21. The van der Waals surface area contributed by atoms with Gasteiger partial charge in [-0.2, -0.15) is 0 Å². The number of hydrogen-bond donors (Lipinski definition) is 1. The van der Waals surface area contributed by atoms with Crippen LogP contribution in [0.25, 0.3) is 0 Å². The van der Waals surface area contributed by atoms with E-state index in [1.807, 2.05) is 14.0 Å². The van der Waals surface area contributed by atoms with Crippen molar-refractivity contribution >= 4 is 17.2 Å². The fourth-order valence-electron chi connectivity index (χ4n) is 1.04. The number of carbonyl (C=O) groups excluding carboxylic acids is 1. The van der Waals surface area contributed by atoms with Crippen molar-refractivity contribution in [2.75, 3.05) is 13.6 Å². The molecule has 4 nitrogen and oxygen atoms in total. The van der Waals surface area contributed by atoms with Gasteiger partial charge in [0, 0.05) is 11.4 Å². The molecule has 0 radical (unpaired) electrons. The van der Waals surface area contributed by atoms with Crippen LogP contribution < -0.4 is 5.73 Å². The van der Waals surface area contributed by atoms with Crippen molar-refractivity contribution < 1.29 is 4.79 Å². The number of carbonyl (C=O) groups is 1. The van der Waals surface area contributed by atoms with Gasteiger partial charge in [0.25, 0.3) is 5.91 Å². The second kappa shape index (κ2) is 4.52. The van der Waals surface area contributed by atoms with Crippen LogP contribution in [0, 0.1) is 6.92 Å². The van der Waals surface area contributed by atoms with E-state index in [1.54, 1.807) is 0 Å². The largest absolute Gasteiger partial charge is 0.364 e. The Morgan fingerprint density at radius 1 is 1.64 bits per heavy atom. The average molecular weight is 213 g/mol. The van der Waals surface area contributed by atoms with Gasteiger partial charge in [0.1, 0.15) is 0 Å². The Labute approximate surface area is 87.7 Å². The number of aromatic nitrogens is 1. The van der Waals surface area contributed by atoms with E-state index in [4.69, 9.17) is 5.73 Å². The number of rotatable bonds is 4. The van der Waals surface area contributed by atoms with Gasteiger partial charge in [0.15, 0.2) is 5.01 Å². The van der Waals surface area contributed by atoms with Crippen molar-refractivity contribution in [1.82, 2.24) is 9.88 Å². The molecule has 0 fully saturated rings. The average Bonchev–Trinajstić information content (AvgIpc) is 2.48. The molecule has 0 spiro atoms. The third-order valence-electron chi connectivity index (χ3n) is 2.06. The molecule has 2 N–H and O–H groups in total. The summed E-state index contributed by atoms with van der Waals surface area (Å²) >= 11 is 1.38. The number of aryl methyl sites for hydroxylation is 1. The van der Waals surface area contributed by atoms with E-state index in [0.717, 1.165) is 23.7 Å². The molecule has 5 heteroatoms. The first-order valence-electron chi connectivity index (χ1n) is 4.49. The van der Waals surface area contributed by atoms with Crippen LogP contribution in [0.4, 0.5) is 0 Å². The lowest BCUT2D eigenvalue weighted by atomic mass is 10.4. The summed E-state index contributed by atoms with van der Waals surface area (Å²) in [6.45, 7) is 5.80. The molecule has 1 aromatic rings. The fourth-order valence-corrected chi connectivity index (χ4v) is 2.03. The first-order chi connectivity index (χ1) is 6.54.